The number of anilines is 1. The fraction of sp³-hybridized carbons (Fsp3) is 0.600. The van der Waals surface area contributed by atoms with Crippen molar-refractivity contribution in [3.8, 4) is 6.07 Å². The van der Waals surface area contributed by atoms with Crippen molar-refractivity contribution in [1.29, 1.82) is 5.26 Å². The molecule has 0 aliphatic carbocycles. The largest absolute Gasteiger partial charge is 0.357 e. The lowest BCUT2D eigenvalue weighted by molar-refractivity contribution is 0.459. The number of aromatic nitrogens is 1. The highest BCUT2D eigenvalue weighted by Crippen LogP contribution is 2.23. The molecule has 3 heteroatoms. The van der Waals surface area contributed by atoms with Crippen LogP contribution in [0.4, 0.5) is 5.82 Å². The van der Waals surface area contributed by atoms with Crippen molar-refractivity contribution in [2.45, 2.75) is 39.5 Å². The third kappa shape index (κ3) is 2.81. The fourth-order valence-electron chi connectivity index (χ4n) is 2.61. The maximum Gasteiger partial charge on any atom is 0.145 e. The first kappa shape index (κ1) is 12.9. The van der Waals surface area contributed by atoms with Gasteiger partial charge in [-0.2, -0.15) is 5.26 Å². The summed E-state index contributed by atoms with van der Waals surface area (Å²) in [5.41, 5.74) is 1.52. The van der Waals surface area contributed by atoms with Crippen molar-refractivity contribution in [1.82, 2.24) is 4.98 Å². The summed E-state index contributed by atoms with van der Waals surface area (Å²) in [6, 6.07) is 6.22. The summed E-state index contributed by atoms with van der Waals surface area (Å²) >= 11 is 0. The molecule has 0 bridgehead atoms. The molecule has 0 amide bonds. The van der Waals surface area contributed by atoms with Crippen LogP contribution >= 0.6 is 0 Å². The van der Waals surface area contributed by atoms with E-state index in [1.165, 1.54) is 25.7 Å². The summed E-state index contributed by atoms with van der Waals surface area (Å²) in [4.78, 5) is 6.80. The Kier molecular flexibility index (Phi) is 4.19. The Morgan fingerprint density at radius 3 is 2.94 bits per heavy atom. The Labute approximate surface area is 109 Å². The number of hydrogen-bond donors (Lipinski definition) is 0. The van der Waals surface area contributed by atoms with Crippen LogP contribution in [-0.2, 0) is 0 Å². The van der Waals surface area contributed by atoms with E-state index in [-0.39, 0.29) is 0 Å². The molecule has 2 rings (SSSR count). The van der Waals surface area contributed by atoms with E-state index in [1.807, 2.05) is 19.1 Å². The van der Waals surface area contributed by atoms with E-state index >= 15 is 0 Å². The lowest BCUT2D eigenvalue weighted by Gasteiger charge is -2.22. The average Bonchev–Trinajstić information content (AvgIpc) is 2.64. The van der Waals surface area contributed by atoms with Crippen LogP contribution in [0.25, 0.3) is 0 Å². The van der Waals surface area contributed by atoms with Crippen molar-refractivity contribution < 1.29 is 0 Å². The second-order valence-electron chi connectivity index (χ2n) is 5.14. The van der Waals surface area contributed by atoms with Crippen molar-refractivity contribution in [3.05, 3.63) is 23.4 Å². The molecule has 0 aromatic carbocycles. The van der Waals surface area contributed by atoms with E-state index in [9.17, 15) is 0 Å². The highest BCUT2D eigenvalue weighted by molar-refractivity contribution is 5.44. The van der Waals surface area contributed by atoms with Gasteiger partial charge in [0.2, 0.25) is 0 Å². The number of nitrogens with zero attached hydrogens (tertiary/aromatic N) is 3. The Morgan fingerprint density at radius 1 is 1.39 bits per heavy atom. The molecule has 1 aromatic rings. The lowest BCUT2D eigenvalue weighted by Crippen LogP contribution is -2.25. The van der Waals surface area contributed by atoms with Gasteiger partial charge in [-0.05, 0) is 43.7 Å². The smallest absolute Gasteiger partial charge is 0.145 e. The minimum Gasteiger partial charge on any atom is -0.357 e. The summed E-state index contributed by atoms with van der Waals surface area (Å²) in [5, 5.41) is 9.05. The summed E-state index contributed by atoms with van der Waals surface area (Å²) in [7, 11) is 0. The molecule has 1 fully saturated rings. The van der Waals surface area contributed by atoms with Gasteiger partial charge in [-0.1, -0.05) is 19.4 Å². The van der Waals surface area contributed by atoms with Crippen molar-refractivity contribution in [2.24, 2.45) is 5.92 Å². The van der Waals surface area contributed by atoms with Crippen LogP contribution in [0.2, 0.25) is 0 Å². The monoisotopic (exact) mass is 243 g/mol. The minimum atomic E-state index is 0.559. The van der Waals surface area contributed by atoms with Crippen LogP contribution in [0.15, 0.2) is 12.1 Å². The van der Waals surface area contributed by atoms with E-state index in [0.29, 0.717) is 5.69 Å². The lowest BCUT2D eigenvalue weighted by atomic mass is 9.98. The highest BCUT2D eigenvalue weighted by atomic mass is 15.2. The van der Waals surface area contributed by atoms with Crippen LogP contribution in [0.3, 0.4) is 0 Å². The molecule has 0 radical (unpaired) electrons. The van der Waals surface area contributed by atoms with Gasteiger partial charge in [0.15, 0.2) is 0 Å². The van der Waals surface area contributed by atoms with Gasteiger partial charge in [0, 0.05) is 13.1 Å². The second-order valence-corrected chi connectivity index (χ2v) is 5.14. The zero-order chi connectivity index (χ0) is 13.0. The molecule has 2 heterocycles. The van der Waals surface area contributed by atoms with Crippen LogP contribution in [-0.4, -0.2) is 18.1 Å². The zero-order valence-corrected chi connectivity index (χ0v) is 11.3. The molecule has 1 unspecified atom stereocenters. The van der Waals surface area contributed by atoms with E-state index in [1.54, 1.807) is 0 Å². The number of rotatable bonds is 2. The van der Waals surface area contributed by atoms with Gasteiger partial charge < -0.3 is 4.90 Å². The predicted octanol–water partition coefficient (Wildman–Crippen LogP) is 3.28. The SMILES string of the molecule is CCC1CCCN(c2ccc(C)c(C#N)n2)CC1. The topological polar surface area (TPSA) is 39.9 Å². The van der Waals surface area contributed by atoms with Gasteiger partial charge in [0.25, 0.3) is 0 Å². The molecule has 1 aromatic heterocycles. The van der Waals surface area contributed by atoms with Crippen LogP contribution in [0.5, 0.6) is 0 Å². The first-order chi connectivity index (χ1) is 8.74. The van der Waals surface area contributed by atoms with Gasteiger partial charge in [-0.3, -0.25) is 0 Å². The normalized spacial score (nSPS) is 20.3. The Morgan fingerprint density at radius 2 is 2.22 bits per heavy atom. The molecule has 0 saturated carbocycles. The standard InChI is InChI=1S/C15H21N3/c1-3-13-5-4-9-18(10-8-13)15-7-6-12(2)14(11-16)17-15/h6-7,13H,3-5,8-10H2,1-2H3. The fourth-order valence-corrected chi connectivity index (χ4v) is 2.61. The second kappa shape index (κ2) is 5.86. The predicted molar refractivity (Wildman–Crippen MR) is 73.5 cm³/mol. The molecular formula is C15H21N3. The Balaban J connectivity index is 2.14. The maximum atomic E-state index is 9.05. The third-order valence-electron chi connectivity index (χ3n) is 3.94. The third-order valence-corrected chi connectivity index (χ3v) is 3.94. The molecule has 1 aliphatic rings. The highest BCUT2D eigenvalue weighted by Gasteiger charge is 2.17. The van der Waals surface area contributed by atoms with E-state index in [0.717, 1.165) is 30.4 Å². The molecule has 1 saturated heterocycles. The molecule has 18 heavy (non-hydrogen) atoms. The Bertz CT molecular complexity index is 448. The van der Waals surface area contributed by atoms with Gasteiger partial charge in [-0.15, -0.1) is 0 Å². The Hall–Kier alpha value is -1.56. The maximum absolute atomic E-state index is 9.05. The summed E-state index contributed by atoms with van der Waals surface area (Å²) in [6.07, 6.45) is 5.08. The number of aryl methyl sites for hydroxylation is 1. The van der Waals surface area contributed by atoms with Gasteiger partial charge >= 0.3 is 0 Å². The van der Waals surface area contributed by atoms with Gasteiger partial charge in [-0.25, -0.2) is 4.98 Å². The molecule has 1 atom stereocenters. The average molecular weight is 243 g/mol. The van der Waals surface area contributed by atoms with Crippen molar-refractivity contribution in [2.75, 3.05) is 18.0 Å². The number of pyridine rings is 1. The number of nitriles is 1. The molecule has 0 N–H and O–H groups in total. The van der Waals surface area contributed by atoms with E-state index in [4.69, 9.17) is 5.26 Å². The van der Waals surface area contributed by atoms with Gasteiger partial charge in [0.05, 0.1) is 0 Å². The van der Waals surface area contributed by atoms with E-state index in [2.05, 4.69) is 22.9 Å². The first-order valence-corrected chi connectivity index (χ1v) is 6.87. The minimum absolute atomic E-state index is 0.559. The van der Waals surface area contributed by atoms with Crippen LogP contribution < -0.4 is 4.90 Å². The molecule has 96 valence electrons. The molecular weight excluding hydrogens is 222 g/mol. The van der Waals surface area contributed by atoms with Crippen LogP contribution in [0.1, 0.15) is 43.9 Å². The van der Waals surface area contributed by atoms with E-state index < -0.39 is 0 Å². The van der Waals surface area contributed by atoms with Gasteiger partial charge in [0.1, 0.15) is 17.6 Å². The first-order valence-electron chi connectivity index (χ1n) is 6.87. The summed E-state index contributed by atoms with van der Waals surface area (Å²) in [5.74, 6) is 1.82. The van der Waals surface area contributed by atoms with Crippen molar-refractivity contribution in [3.63, 3.8) is 0 Å². The molecule has 3 nitrogen and oxygen atoms in total. The molecule has 0 spiro atoms. The summed E-state index contributed by atoms with van der Waals surface area (Å²) in [6.45, 7) is 6.35. The molecule has 1 aliphatic heterocycles. The summed E-state index contributed by atoms with van der Waals surface area (Å²) < 4.78 is 0. The van der Waals surface area contributed by atoms with Crippen molar-refractivity contribution >= 4 is 5.82 Å². The quantitative estimate of drug-likeness (QED) is 0.800. The van der Waals surface area contributed by atoms with Crippen LogP contribution in [0, 0.1) is 24.2 Å². The zero-order valence-electron chi connectivity index (χ0n) is 11.3. The number of hydrogen-bond acceptors (Lipinski definition) is 3.